The van der Waals surface area contributed by atoms with Gasteiger partial charge in [-0.3, -0.25) is 4.79 Å². The lowest BCUT2D eigenvalue weighted by Crippen LogP contribution is -2.14. The molecular formula is C21H17NO2. The van der Waals surface area contributed by atoms with Crippen molar-refractivity contribution in [3.05, 3.63) is 78.1 Å². The quantitative estimate of drug-likeness (QED) is 0.573. The molecule has 0 spiro atoms. The van der Waals surface area contributed by atoms with E-state index >= 15 is 0 Å². The van der Waals surface area contributed by atoms with Gasteiger partial charge < -0.3 is 9.73 Å². The molecule has 3 heteroatoms. The monoisotopic (exact) mass is 315 g/mol. The van der Waals surface area contributed by atoms with Gasteiger partial charge >= 0.3 is 0 Å². The molecule has 0 fully saturated rings. The number of aryl methyl sites for hydroxylation is 1. The molecule has 0 radical (unpaired) electrons. The lowest BCUT2D eigenvalue weighted by atomic mass is 10.1. The number of hydrogen-bond acceptors (Lipinski definition) is 2. The summed E-state index contributed by atoms with van der Waals surface area (Å²) in [6.07, 6.45) is 1.97. The van der Waals surface area contributed by atoms with Crippen molar-refractivity contribution in [3.8, 4) is 0 Å². The van der Waals surface area contributed by atoms with Gasteiger partial charge in [0.2, 0.25) is 5.91 Å². The number of carbonyl (C=O) groups is 1. The van der Waals surface area contributed by atoms with Gasteiger partial charge in [-0.15, -0.1) is 0 Å². The summed E-state index contributed by atoms with van der Waals surface area (Å²) in [5.74, 6) is -0.0476. The Morgan fingerprint density at radius 1 is 1.00 bits per heavy atom. The fraction of sp³-hybridized carbons (Fsp3) is 0.0952. The summed E-state index contributed by atoms with van der Waals surface area (Å²) in [5.41, 5.74) is 3.68. The number of nitrogens with one attached hydrogen (secondary N) is 1. The molecule has 1 N–H and O–H groups in total. The molecule has 3 nitrogen and oxygen atoms in total. The van der Waals surface area contributed by atoms with E-state index in [0.717, 1.165) is 38.6 Å². The summed E-state index contributed by atoms with van der Waals surface area (Å²) in [7, 11) is 0. The zero-order valence-corrected chi connectivity index (χ0v) is 13.4. The minimum absolute atomic E-state index is 0.0476. The highest BCUT2D eigenvalue weighted by molar-refractivity contribution is 5.97. The number of rotatable bonds is 3. The molecule has 0 atom stereocenters. The smallest absolute Gasteiger partial charge is 0.228 e. The average molecular weight is 315 g/mol. The third-order valence-corrected chi connectivity index (χ3v) is 4.20. The summed E-state index contributed by atoms with van der Waals surface area (Å²) in [4.78, 5) is 12.4. The Kier molecular flexibility index (Phi) is 3.54. The van der Waals surface area contributed by atoms with Gasteiger partial charge in [-0.2, -0.15) is 0 Å². The highest BCUT2D eigenvalue weighted by Gasteiger charge is 2.11. The van der Waals surface area contributed by atoms with Gasteiger partial charge in [-0.25, -0.2) is 0 Å². The molecule has 4 rings (SSSR count). The van der Waals surface area contributed by atoms with E-state index in [1.165, 1.54) is 0 Å². The second kappa shape index (κ2) is 5.85. The molecule has 0 aliphatic heterocycles. The molecule has 0 saturated carbocycles. The van der Waals surface area contributed by atoms with Crippen LogP contribution in [0.5, 0.6) is 0 Å². The topological polar surface area (TPSA) is 42.2 Å². The Bertz CT molecular complexity index is 1050. The first-order chi connectivity index (χ1) is 11.7. The first-order valence-electron chi connectivity index (χ1n) is 7.94. The minimum Gasteiger partial charge on any atom is -0.464 e. The van der Waals surface area contributed by atoms with Crippen LogP contribution in [0.25, 0.3) is 21.7 Å². The van der Waals surface area contributed by atoms with Crippen LogP contribution in [0.15, 0.2) is 71.3 Å². The predicted molar refractivity (Wildman–Crippen MR) is 97.2 cm³/mol. The average Bonchev–Trinajstić information content (AvgIpc) is 2.96. The molecule has 1 aromatic heterocycles. The number of hydrogen-bond donors (Lipinski definition) is 1. The second-order valence-corrected chi connectivity index (χ2v) is 6.05. The number of carbonyl (C=O) groups excluding carboxylic acids is 1. The van der Waals surface area contributed by atoms with Gasteiger partial charge in [0.1, 0.15) is 5.58 Å². The predicted octanol–water partition coefficient (Wildman–Crippen LogP) is 5.08. The maximum atomic E-state index is 12.4. The van der Waals surface area contributed by atoms with Crippen LogP contribution < -0.4 is 5.32 Å². The molecule has 4 aromatic rings. The maximum Gasteiger partial charge on any atom is 0.228 e. The summed E-state index contributed by atoms with van der Waals surface area (Å²) in [5, 5.41) is 6.23. The van der Waals surface area contributed by atoms with Gasteiger partial charge in [0.15, 0.2) is 0 Å². The molecule has 3 aromatic carbocycles. The van der Waals surface area contributed by atoms with Crippen LogP contribution in [-0.4, -0.2) is 5.91 Å². The van der Waals surface area contributed by atoms with Crippen molar-refractivity contribution in [3.63, 3.8) is 0 Å². The number of benzene rings is 3. The third-order valence-electron chi connectivity index (χ3n) is 4.20. The first-order valence-corrected chi connectivity index (χ1v) is 7.94. The van der Waals surface area contributed by atoms with Crippen molar-refractivity contribution >= 4 is 33.3 Å². The number of anilines is 1. The van der Waals surface area contributed by atoms with E-state index in [0.29, 0.717) is 6.42 Å². The molecule has 1 amide bonds. The van der Waals surface area contributed by atoms with Crippen molar-refractivity contribution in [2.24, 2.45) is 0 Å². The second-order valence-electron chi connectivity index (χ2n) is 6.05. The molecule has 118 valence electrons. The van der Waals surface area contributed by atoms with E-state index < -0.39 is 0 Å². The molecule has 0 bridgehead atoms. The Balaban J connectivity index is 1.54. The SMILES string of the molecule is Cc1ccc2c(CC(=O)Nc3ccc4ccccc4c3)coc2c1. The molecule has 0 unspecified atom stereocenters. The van der Waals surface area contributed by atoms with Gasteiger partial charge in [0.05, 0.1) is 12.7 Å². The molecule has 0 aliphatic carbocycles. The van der Waals surface area contributed by atoms with Gasteiger partial charge in [-0.1, -0.05) is 42.5 Å². The van der Waals surface area contributed by atoms with Crippen molar-refractivity contribution in [1.29, 1.82) is 0 Å². The lowest BCUT2D eigenvalue weighted by molar-refractivity contribution is -0.115. The number of fused-ring (bicyclic) bond motifs is 2. The number of amides is 1. The van der Waals surface area contributed by atoms with Crippen LogP contribution in [0.3, 0.4) is 0 Å². The molecule has 0 saturated heterocycles. The van der Waals surface area contributed by atoms with Gasteiger partial charge in [0, 0.05) is 16.6 Å². The van der Waals surface area contributed by atoms with Crippen molar-refractivity contribution in [1.82, 2.24) is 0 Å². The third kappa shape index (κ3) is 2.76. The largest absolute Gasteiger partial charge is 0.464 e. The standard InChI is InChI=1S/C21H17NO2/c1-14-6-9-19-17(13-24-20(19)10-14)12-21(23)22-18-8-7-15-4-2-3-5-16(15)11-18/h2-11,13H,12H2,1H3,(H,22,23). The zero-order valence-electron chi connectivity index (χ0n) is 13.4. The lowest BCUT2D eigenvalue weighted by Gasteiger charge is -2.06. The van der Waals surface area contributed by atoms with Crippen LogP contribution >= 0.6 is 0 Å². The van der Waals surface area contributed by atoms with E-state index in [-0.39, 0.29) is 5.91 Å². The summed E-state index contributed by atoms with van der Waals surface area (Å²) >= 11 is 0. The minimum atomic E-state index is -0.0476. The van der Waals surface area contributed by atoms with E-state index in [1.54, 1.807) is 6.26 Å². The van der Waals surface area contributed by atoms with Crippen LogP contribution in [0, 0.1) is 6.92 Å². The highest BCUT2D eigenvalue weighted by Crippen LogP contribution is 2.23. The Morgan fingerprint density at radius 3 is 2.71 bits per heavy atom. The molecule has 24 heavy (non-hydrogen) atoms. The highest BCUT2D eigenvalue weighted by atomic mass is 16.3. The molecule has 0 aliphatic rings. The van der Waals surface area contributed by atoms with E-state index in [2.05, 4.69) is 11.4 Å². The van der Waals surface area contributed by atoms with E-state index in [4.69, 9.17) is 4.42 Å². The maximum absolute atomic E-state index is 12.4. The van der Waals surface area contributed by atoms with Gasteiger partial charge in [-0.05, 0) is 41.5 Å². The van der Waals surface area contributed by atoms with Crippen LogP contribution in [0.4, 0.5) is 5.69 Å². The van der Waals surface area contributed by atoms with Crippen molar-refractivity contribution in [2.75, 3.05) is 5.32 Å². The summed E-state index contributed by atoms with van der Waals surface area (Å²) < 4.78 is 5.56. The van der Waals surface area contributed by atoms with E-state index in [1.807, 2.05) is 61.5 Å². The molecular weight excluding hydrogens is 298 g/mol. The number of furan rings is 1. The van der Waals surface area contributed by atoms with Crippen LogP contribution in [-0.2, 0) is 11.2 Å². The van der Waals surface area contributed by atoms with Crippen LogP contribution in [0.2, 0.25) is 0 Å². The first kappa shape index (κ1) is 14.5. The Morgan fingerprint density at radius 2 is 1.83 bits per heavy atom. The molecule has 1 heterocycles. The van der Waals surface area contributed by atoms with Crippen molar-refractivity contribution < 1.29 is 9.21 Å². The Labute approximate surface area is 139 Å². The zero-order chi connectivity index (χ0) is 16.5. The van der Waals surface area contributed by atoms with Crippen LogP contribution in [0.1, 0.15) is 11.1 Å². The summed E-state index contributed by atoms with van der Waals surface area (Å²) in [6, 6.07) is 20.1. The van der Waals surface area contributed by atoms with Crippen molar-refractivity contribution in [2.45, 2.75) is 13.3 Å². The van der Waals surface area contributed by atoms with Gasteiger partial charge in [0.25, 0.3) is 0 Å². The fourth-order valence-corrected chi connectivity index (χ4v) is 2.97. The normalized spacial score (nSPS) is 11.0. The Hall–Kier alpha value is -3.07. The summed E-state index contributed by atoms with van der Waals surface area (Å²) in [6.45, 7) is 2.02. The van der Waals surface area contributed by atoms with E-state index in [9.17, 15) is 4.79 Å². The fourth-order valence-electron chi connectivity index (χ4n) is 2.97.